The molecule has 1 aromatic rings. The summed E-state index contributed by atoms with van der Waals surface area (Å²) in [5.74, 6) is 0.588. The lowest BCUT2D eigenvalue weighted by Gasteiger charge is -2.39. The van der Waals surface area contributed by atoms with Crippen LogP contribution in [0.1, 0.15) is 31.2 Å². The van der Waals surface area contributed by atoms with E-state index >= 15 is 0 Å². The summed E-state index contributed by atoms with van der Waals surface area (Å²) >= 11 is 0. The third-order valence-corrected chi connectivity index (χ3v) is 3.56. The smallest absolute Gasteiger partial charge is 0.405 e. The second-order valence-electron chi connectivity index (χ2n) is 5.27. The molecule has 1 amide bonds. The van der Waals surface area contributed by atoms with Gasteiger partial charge in [-0.1, -0.05) is 0 Å². The van der Waals surface area contributed by atoms with Crippen molar-refractivity contribution in [3.63, 3.8) is 0 Å². The summed E-state index contributed by atoms with van der Waals surface area (Å²) in [5, 5.41) is 20.5. The number of aromatic nitrogens is 2. The molecular weight excluding hydrogens is 258 g/mol. The monoisotopic (exact) mass is 275 g/mol. The van der Waals surface area contributed by atoms with Crippen LogP contribution < -0.4 is 10.2 Å². The highest BCUT2D eigenvalue weighted by Crippen LogP contribution is 2.26. The largest absolute Gasteiger partial charge is 0.465 e. The number of nitriles is 1. The standard InChI is InChI=1S/C13H17N5O2/c1-9-8-15-10(7-14)11(16-9)18-5-3-13(2,4-6-18)17-12(19)20/h8,17H,3-6H2,1-2H3,(H,19,20). The van der Waals surface area contributed by atoms with Gasteiger partial charge in [-0.25, -0.2) is 14.8 Å². The minimum Gasteiger partial charge on any atom is -0.465 e. The maximum Gasteiger partial charge on any atom is 0.405 e. The SMILES string of the molecule is Cc1cnc(C#N)c(N2CCC(C)(NC(=O)O)CC2)n1. The lowest BCUT2D eigenvalue weighted by Crippen LogP contribution is -2.53. The number of carbonyl (C=O) groups is 1. The Morgan fingerprint density at radius 1 is 1.55 bits per heavy atom. The zero-order chi connectivity index (χ0) is 14.8. The Morgan fingerprint density at radius 3 is 2.75 bits per heavy atom. The second-order valence-corrected chi connectivity index (χ2v) is 5.27. The first kappa shape index (κ1) is 14.1. The molecule has 0 saturated carbocycles. The van der Waals surface area contributed by atoms with Crippen molar-refractivity contribution in [3.05, 3.63) is 17.6 Å². The van der Waals surface area contributed by atoms with Crippen molar-refractivity contribution in [2.75, 3.05) is 18.0 Å². The van der Waals surface area contributed by atoms with Crippen LogP contribution in [-0.4, -0.2) is 39.8 Å². The van der Waals surface area contributed by atoms with Crippen LogP contribution in [0.15, 0.2) is 6.20 Å². The molecule has 20 heavy (non-hydrogen) atoms. The fourth-order valence-corrected chi connectivity index (χ4v) is 2.36. The highest BCUT2D eigenvalue weighted by molar-refractivity contribution is 5.65. The fraction of sp³-hybridized carbons (Fsp3) is 0.538. The predicted octanol–water partition coefficient (Wildman–Crippen LogP) is 1.28. The third-order valence-electron chi connectivity index (χ3n) is 3.56. The van der Waals surface area contributed by atoms with Crippen LogP contribution in [0, 0.1) is 18.3 Å². The topological polar surface area (TPSA) is 102 Å². The van der Waals surface area contributed by atoms with Crippen LogP contribution in [0.4, 0.5) is 10.6 Å². The lowest BCUT2D eigenvalue weighted by atomic mass is 9.90. The van der Waals surface area contributed by atoms with Gasteiger partial charge in [-0.05, 0) is 26.7 Å². The van der Waals surface area contributed by atoms with E-state index in [4.69, 9.17) is 10.4 Å². The van der Waals surface area contributed by atoms with E-state index in [0.717, 1.165) is 5.69 Å². The van der Waals surface area contributed by atoms with Crippen molar-refractivity contribution >= 4 is 11.9 Å². The van der Waals surface area contributed by atoms with Crippen molar-refractivity contribution in [2.24, 2.45) is 0 Å². The number of piperidine rings is 1. The number of amides is 1. The summed E-state index contributed by atoms with van der Waals surface area (Å²) in [6.45, 7) is 5.01. The van der Waals surface area contributed by atoms with Gasteiger partial charge in [-0.2, -0.15) is 5.26 Å². The average Bonchev–Trinajstić information content (AvgIpc) is 2.38. The minimum absolute atomic E-state index is 0.311. The van der Waals surface area contributed by atoms with Gasteiger partial charge in [0, 0.05) is 24.8 Å². The normalized spacial score (nSPS) is 17.4. The van der Waals surface area contributed by atoms with E-state index in [1.165, 1.54) is 0 Å². The zero-order valence-corrected chi connectivity index (χ0v) is 11.6. The summed E-state index contributed by atoms with van der Waals surface area (Å²) in [7, 11) is 0. The highest BCUT2D eigenvalue weighted by atomic mass is 16.4. The molecule has 0 atom stereocenters. The second kappa shape index (κ2) is 5.33. The predicted molar refractivity (Wildman–Crippen MR) is 72.5 cm³/mol. The van der Waals surface area contributed by atoms with Crippen LogP contribution in [0.2, 0.25) is 0 Å². The maximum atomic E-state index is 10.8. The minimum atomic E-state index is -1.01. The molecule has 1 aliphatic rings. The van der Waals surface area contributed by atoms with E-state index in [1.54, 1.807) is 6.20 Å². The molecule has 7 heteroatoms. The molecule has 0 aliphatic carbocycles. The van der Waals surface area contributed by atoms with Gasteiger partial charge in [-0.3, -0.25) is 0 Å². The van der Waals surface area contributed by atoms with E-state index in [1.807, 2.05) is 24.8 Å². The van der Waals surface area contributed by atoms with E-state index in [-0.39, 0.29) is 0 Å². The first-order chi connectivity index (χ1) is 9.43. The van der Waals surface area contributed by atoms with Gasteiger partial charge in [0.2, 0.25) is 0 Å². The van der Waals surface area contributed by atoms with Gasteiger partial charge in [-0.15, -0.1) is 0 Å². The molecule has 0 radical (unpaired) electrons. The average molecular weight is 275 g/mol. The summed E-state index contributed by atoms with van der Waals surface area (Å²) in [6, 6.07) is 2.05. The summed E-state index contributed by atoms with van der Waals surface area (Å²) < 4.78 is 0. The Bertz CT molecular complexity index is 558. The van der Waals surface area contributed by atoms with Crippen molar-refractivity contribution in [1.82, 2.24) is 15.3 Å². The number of nitrogens with zero attached hydrogens (tertiary/aromatic N) is 4. The number of aryl methyl sites for hydroxylation is 1. The van der Waals surface area contributed by atoms with E-state index < -0.39 is 11.6 Å². The Kier molecular flexibility index (Phi) is 3.74. The lowest BCUT2D eigenvalue weighted by molar-refractivity contribution is 0.173. The van der Waals surface area contributed by atoms with Gasteiger partial charge in [0.15, 0.2) is 11.5 Å². The van der Waals surface area contributed by atoms with Crippen LogP contribution in [0.25, 0.3) is 0 Å². The Balaban J connectivity index is 2.13. The molecule has 2 rings (SSSR count). The number of carboxylic acid groups (broad SMARTS) is 1. The van der Waals surface area contributed by atoms with Gasteiger partial charge in [0.25, 0.3) is 0 Å². The van der Waals surface area contributed by atoms with Crippen molar-refractivity contribution in [1.29, 1.82) is 5.26 Å². The summed E-state index contributed by atoms with van der Waals surface area (Å²) in [6.07, 6.45) is 1.90. The Hall–Kier alpha value is -2.36. The maximum absolute atomic E-state index is 10.8. The van der Waals surface area contributed by atoms with Crippen molar-refractivity contribution in [3.8, 4) is 6.07 Å². The molecule has 2 N–H and O–H groups in total. The molecule has 1 aromatic heterocycles. The fourth-order valence-electron chi connectivity index (χ4n) is 2.36. The van der Waals surface area contributed by atoms with Crippen LogP contribution in [0.3, 0.4) is 0 Å². The number of nitrogens with one attached hydrogen (secondary N) is 1. The third kappa shape index (κ3) is 2.96. The molecule has 1 fully saturated rings. The van der Waals surface area contributed by atoms with Crippen molar-refractivity contribution in [2.45, 2.75) is 32.2 Å². The van der Waals surface area contributed by atoms with Gasteiger partial charge in [0.1, 0.15) is 6.07 Å². The van der Waals surface area contributed by atoms with Crippen molar-refractivity contribution < 1.29 is 9.90 Å². The molecule has 0 bridgehead atoms. The quantitative estimate of drug-likeness (QED) is 0.843. The van der Waals surface area contributed by atoms with E-state index in [9.17, 15) is 4.79 Å². The number of hydrogen-bond donors (Lipinski definition) is 2. The van der Waals surface area contributed by atoms with Crippen LogP contribution in [0.5, 0.6) is 0 Å². The first-order valence-electron chi connectivity index (χ1n) is 6.43. The Labute approximate surface area is 117 Å². The molecule has 1 saturated heterocycles. The van der Waals surface area contributed by atoms with Crippen LogP contribution in [-0.2, 0) is 0 Å². The summed E-state index contributed by atoms with van der Waals surface area (Å²) in [5.41, 5.74) is 0.647. The molecule has 2 heterocycles. The molecule has 0 unspecified atom stereocenters. The van der Waals surface area contributed by atoms with Gasteiger partial charge < -0.3 is 15.3 Å². The van der Waals surface area contributed by atoms with E-state index in [2.05, 4.69) is 15.3 Å². The summed E-state index contributed by atoms with van der Waals surface area (Å²) in [4.78, 5) is 21.2. The molecule has 7 nitrogen and oxygen atoms in total. The van der Waals surface area contributed by atoms with Gasteiger partial charge >= 0.3 is 6.09 Å². The van der Waals surface area contributed by atoms with E-state index in [0.29, 0.717) is 37.4 Å². The van der Waals surface area contributed by atoms with Gasteiger partial charge in [0.05, 0.1) is 5.69 Å². The number of rotatable bonds is 2. The first-order valence-corrected chi connectivity index (χ1v) is 6.43. The Morgan fingerprint density at radius 2 is 2.20 bits per heavy atom. The molecule has 1 aliphatic heterocycles. The van der Waals surface area contributed by atoms with Crippen LogP contribution >= 0.6 is 0 Å². The molecular formula is C13H17N5O2. The zero-order valence-electron chi connectivity index (χ0n) is 11.6. The molecule has 0 spiro atoms. The number of anilines is 1. The molecule has 106 valence electrons. The highest BCUT2D eigenvalue weighted by Gasteiger charge is 2.32. The number of hydrogen-bond acceptors (Lipinski definition) is 5. The molecule has 0 aromatic carbocycles.